The number of phenols is 1. The summed E-state index contributed by atoms with van der Waals surface area (Å²) in [4.78, 5) is 36.1. The van der Waals surface area contributed by atoms with E-state index in [0.717, 1.165) is 0 Å². The maximum Gasteiger partial charge on any atom is 0.336 e. The molecule has 0 aromatic heterocycles. The third kappa shape index (κ3) is 3.26. The van der Waals surface area contributed by atoms with Crippen LogP contribution in [-0.2, 0) is 0 Å². The van der Waals surface area contributed by atoms with Crippen LogP contribution in [0.3, 0.4) is 0 Å². The quantitative estimate of drug-likeness (QED) is 0.447. The molecule has 30 heavy (non-hydrogen) atoms. The minimum Gasteiger partial charge on any atom is -0.508 e. The molecule has 2 aliphatic rings. The van der Waals surface area contributed by atoms with Gasteiger partial charge < -0.3 is 19.9 Å². The van der Waals surface area contributed by atoms with Crippen molar-refractivity contribution >= 4 is 22.8 Å². The third-order valence-electron chi connectivity index (χ3n) is 4.80. The van der Waals surface area contributed by atoms with Gasteiger partial charge in [0.2, 0.25) is 0 Å². The molecular weight excluding hydrogens is 386 g/mol. The fourth-order valence-corrected chi connectivity index (χ4v) is 3.49. The van der Waals surface area contributed by atoms with Gasteiger partial charge in [-0.3, -0.25) is 9.59 Å². The standard InChI is InChI=1S/C23H17NO6/c1-2-24-22(27)12-3-6-15(18(9-12)23(28)29)21-16-7-4-13(25)10-19(16)30-20-11-14(26)5-8-17(20)21/h3-11,25H,2H2,1H3,(H,24,27)(H,28,29). The van der Waals surface area contributed by atoms with Crippen molar-refractivity contribution in [2.24, 2.45) is 0 Å². The van der Waals surface area contributed by atoms with Gasteiger partial charge in [0.1, 0.15) is 17.1 Å². The number of hydrogen-bond acceptors (Lipinski definition) is 5. The average molecular weight is 403 g/mol. The number of fused-ring (bicyclic) bond motifs is 2. The van der Waals surface area contributed by atoms with Gasteiger partial charge in [-0.15, -0.1) is 0 Å². The Hall–Kier alpha value is -4.13. The van der Waals surface area contributed by atoms with Crippen LogP contribution >= 0.6 is 0 Å². The molecule has 0 unspecified atom stereocenters. The maximum absolute atomic E-state index is 12.2. The lowest BCUT2D eigenvalue weighted by molar-refractivity contribution is 0.0697. The van der Waals surface area contributed by atoms with Crippen LogP contribution in [0.15, 0.2) is 63.8 Å². The SMILES string of the molecule is CCNC(=O)c1ccc(-c2c3ccc(=O)cc-3oc3cc(O)ccc23)c(C(=O)O)c1. The summed E-state index contributed by atoms with van der Waals surface area (Å²) in [5.74, 6) is -1.33. The van der Waals surface area contributed by atoms with Gasteiger partial charge in [-0.1, -0.05) is 6.07 Å². The Morgan fingerprint density at radius 1 is 1.00 bits per heavy atom. The number of aromatic carboxylic acids is 1. The third-order valence-corrected chi connectivity index (χ3v) is 4.80. The molecule has 2 aromatic carbocycles. The Morgan fingerprint density at radius 2 is 1.77 bits per heavy atom. The molecule has 1 aliphatic heterocycles. The molecule has 3 N–H and O–H groups in total. The van der Waals surface area contributed by atoms with Gasteiger partial charge in [-0.2, -0.15) is 0 Å². The van der Waals surface area contributed by atoms with Crippen LogP contribution in [0.25, 0.3) is 33.4 Å². The van der Waals surface area contributed by atoms with E-state index in [1.54, 1.807) is 31.2 Å². The van der Waals surface area contributed by atoms with E-state index in [9.17, 15) is 24.6 Å². The van der Waals surface area contributed by atoms with E-state index in [-0.39, 0.29) is 34.0 Å². The minimum atomic E-state index is -1.20. The van der Waals surface area contributed by atoms with Gasteiger partial charge >= 0.3 is 5.97 Å². The van der Waals surface area contributed by atoms with Crippen LogP contribution in [0.1, 0.15) is 27.6 Å². The number of carboxylic acids is 1. The first-order valence-electron chi connectivity index (χ1n) is 9.24. The van der Waals surface area contributed by atoms with E-state index in [1.807, 2.05) is 0 Å². The summed E-state index contributed by atoms with van der Waals surface area (Å²) < 4.78 is 5.79. The lowest BCUT2D eigenvalue weighted by atomic mass is 9.90. The summed E-state index contributed by atoms with van der Waals surface area (Å²) in [5, 5.41) is 22.9. The van der Waals surface area contributed by atoms with Crippen LogP contribution in [-0.4, -0.2) is 28.6 Å². The lowest BCUT2D eigenvalue weighted by Gasteiger charge is -2.17. The second kappa shape index (κ2) is 7.36. The second-order valence-corrected chi connectivity index (χ2v) is 6.74. The van der Waals surface area contributed by atoms with Crippen LogP contribution < -0.4 is 10.7 Å². The van der Waals surface area contributed by atoms with Crippen molar-refractivity contribution in [3.8, 4) is 28.2 Å². The summed E-state index contributed by atoms with van der Waals surface area (Å²) in [5.41, 5.74) is 1.64. The molecule has 1 heterocycles. The predicted octanol–water partition coefficient (Wildman–Crippen LogP) is 3.72. The smallest absolute Gasteiger partial charge is 0.336 e. The number of carbonyl (C=O) groups is 2. The van der Waals surface area contributed by atoms with Crippen molar-refractivity contribution in [1.29, 1.82) is 0 Å². The highest BCUT2D eigenvalue weighted by molar-refractivity contribution is 6.09. The minimum absolute atomic E-state index is 0.0279. The summed E-state index contributed by atoms with van der Waals surface area (Å²) in [6.07, 6.45) is 0. The number of nitrogens with one attached hydrogen (secondary N) is 1. The van der Waals surface area contributed by atoms with Gasteiger partial charge in [0.25, 0.3) is 5.91 Å². The van der Waals surface area contributed by atoms with E-state index in [1.165, 1.54) is 30.3 Å². The van der Waals surface area contributed by atoms with Gasteiger partial charge in [0, 0.05) is 40.8 Å². The number of rotatable bonds is 4. The lowest BCUT2D eigenvalue weighted by Crippen LogP contribution is -2.23. The van der Waals surface area contributed by atoms with Gasteiger partial charge in [-0.05, 0) is 48.9 Å². The first-order valence-corrected chi connectivity index (χ1v) is 9.24. The zero-order valence-corrected chi connectivity index (χ0v) is 15.9. The maximum atomic E-state index is 12.2. The number of amides is 1. The largest absolute Gasteiger partial charge is 0.508 e. The Morgan fingerprint density at radius 3 is 2.50 bits per heavy atom. The van der Waals surface area contributed by atoms with Crippen LogP contribution in [0, 0.1) is 0 Å². The van der Waals surface area contributed by atoms with Crippen molar-refractivity contribution in [3.63, 3.8) is 0 Å². The Bertz CT molecular complexity index is 1340. The van der Waals surface area contributed by atoms with E-state index in [0.29, 0.717) is 34.2 Å². The molecule has 1 aliphatic carbocycles. The molecule has 1 amide bonds. The fraction of sp³-hybridized carbons (Fsp3) is 0.0870. The van der Waals surface area contributed by atoms with Crippen LogP contribution in [0.2, 0.25) is 0 Å². The number of aromatic hydroxyl groups is 1. The number of benzene rings is 3. The number of carboxylic acid groups (broad SMARTS) is 1. The molecule has 0 bridgehead atoms. The Balaban J connectivity index is 2.08. The normalized spacial score (nSPS) is 11.0. The Labute approximate surface area is 170 Å². The van der Waals surface area contributed by atoms with E-state index in [4.69, 9.17) is 4.42 Å². The monoisotopic (exact) mass is 403 g/mol. The zero-order chi connectivity index (χ0) is 21.4. The summed E-state index contributed by atoms with van der Waals surface area (Å²) >= 11 is 0. The highest BCUT2D eigenvalue weighted by atomic mass is 16.4. The van der Waals surface area contributed by atoms with E-state index >= 15 is 0 Å². The first-order chi connectivity index (χ1) is 14.4. The van der Waals surface area contributed by atoms with Crippen LogP contribution in [0.4, 0.5) is 0 Å². The predicted molar refractivity (Wildman–Crippen MR) is 111 cm³/mol. The van der Waals surface area contributed by atoms with Crippen LogP contribution in [0.5, 0.6) is 5.75 Å². The van der Waals surface area contributed by atoms with Gasteiger partial charge in [0.05, 0.1) is 5.56 Å². The molecule has 0 saturated heterocycles. The fourth-order valence-electron chi connectivity index (χ4n) is 3.49. The van der Waals surface area contributed by atoms with Gasteiger partial charge in [-0.25, -0.2) is 4.79 Å². The van der Waals surface area contributed by atoms with Gasteiger partial charge in [0.15, 0.2) is 5.43 Å². The van der Waals surface area contributed by atoms with Crippen molar-refractivity contribution in [2.45, 2.75) is 6.92 Å². The van der Waals surface area contributed by atoms with Crippen molar-refractivity contribution in [3.05, 3.63) is 75.9 Å². The molecule has 0 spiro atoms. The van der Waals surface area contributed by atoms with E-state index in [2.05, 4.69) is 5.32 Å². The van der Waals surface area contributed by atoms with E-state index < -0.39 is 5.97 Å². The zero-order valence-electron chi connectivity index (χ0n) is 15.9. The molecule has 0 saturated carbocycles. The highest BCUT2D eigenvalue weighted by Gasteiger charge is 2.23. The molecule has 4 rings (SSSR count). The second-order valence-electron chi connectivity index (χ2n) is 6.74. The average Bonchev–Trinajstić information content (AvgIpc) is 2.71. The molecule has 0 radical (unpaired) electrons. The van der Waals surface area contributed by atoms with Crippen molar-refractivity contribution < 1.29 is 24.2 Å². The number of carbonyl (C=O) groups excluding carboxylic acids is 1. The summed E-state index contributed by atoms with van der Waals surface area (Å²) in [7, 11) is 0. The molecule has 150 valence electrons. The molecule has 0 atom stereocenters. The number of hydrogen-bond donors (Lipinski definition) is 3. The topological polar surface area (TPSA) is 117 Å². The molecular formula is C23H17NO6. The molecule has 0 fully saturated rings. The van der Waals surface area contributed by atoms with Crippen molar-refractivity contribution in [1.82, 2.24) is 5.32 Å². The molecule has 7 nitrogen and oxygen atoms in total. The summed E-state index contributed by atoms with van der Waals surface area (Å²) in [6, 6.07) is 13.2. The number of phenolic OH excluding ortho intramolecular Hbond substituents is 1. The summed E-state index contributed by atoms with van der Waals surface area (Å²) in [6.45, 7) is 2.19. The first kappa shape index (κ1) is 19.2. The molecule has 7 heteroatoms. The molecule has 2 aromatic rings. The Kier molecular flexibility index (Phi) is 4.71. The van der Waals surface area contributed by atoms with Crippen molar-refractivity contribution in [2.75, 3.05) is 6.54 Å². The highest BCUT2D eigenvalue weighted by Crippen LogP contribution is 2.42.